The van der Waals surface area contributed by atoms with Gasteiger partial charge in [0, 0.05) is 6.20 Å². The van der Waals surface area contributed by atoms with Gasteiger partial charge < -0.3 is 9.47 Å². The average Bonchev–Trinajstić information content (AvgIpc) is 2.73. The van der Waals surface area contributed by atoms with Gasteiger partial charge in [-0.05, 0) is 12.1 Å². The van der Waals surface area contributed by atoms with Crippen molar-refractivity contribution in [2.45, 2.75) is 6.61 Å². The standard InChI is InChI=1S/C11H10ClNO2S/c1-14-9-4-2-3-5-10(9)15-7-8-6-13-11(12)16-8/h2-6H,7H2,1H3. The van der Waals surface area contributed by atoms with Crippen LogP contribution in [0.1, 0.15) is 4.88 Å². The number of benzene rings is 1. The molecule has 0 aliphatic carbocycles. The van der Waals surface area contributed by atoms with Crippen LogP contribution in [0.5, 0.6) is 11.5 Å². The first-order valence-electron chi connectivity index (χ1n) is 4.65. The molecule has 2 rings (SSSR count). The Morgan fingerprint density at radius 2 is 2.06 bits per heavy atom. The fourth-order valence-corrected chi connectivity index (χ4v) is 2.13. The molecule has 0 saturated carbocycles. The second kappa shape index (κ2) is 5.18. The van der Waals surface area contributed by atoms with E-state index in [0.717, 1.165) is 16.4 Å². The van der Waals surface area contributed by atoms with Gasteiger partial charge in [0.25, 0.3) is 0 Å². The molecule has 0 atom stereocenters. The predicted molar refractivity (Wildman–Crippen MR) is 64.5 cm³/mol. The Labute approximate surface area is 103 Å². The van der Waals surface area contributed by atoms with Crippen molar-refractivity contribution in [3.05, 3.63) is 39.8 Å². The summed E-state index contributed by atoms with van der Waals surface area (Å²) in [7, 11) is 1.62. The summed E-state index contributed by atoms with van der Waals surface area (Å²) in [6.45, 7) is 0.449. The highest BCUT2D eigenvalue weighted by atomic mass is 35.5. The van der Waals surface area contributed by atoms with Crippen molar-refractivity contribution in [1.82, 2.24) is 4.98 Å². The number of aromatic nitrogens is 1. The van der Waals surface area contributed by atoms with E-state index >= 15 is 0 Å². The van der Waals surface area contributed by atoms with Crippen LogP contribution in [0.25, 0.3) is 0 Å². The van der Waals surface area contributed by atoms with E-state index in [1.54, 1.807) is 13.3 Å². The maximum Gasteiger partial charge on any atom is 0.183 e. The highest BCUT2D eigenvalue weighted by Crippen LogP contribution is 2.27. The molecule has 0 fully saturated rings. The lowest BCUT2D eigenvalue weighted by molar-refractivity contribution is 0.287. The number of thiazole rings is 1. The van der Waals surface area contributed by atoms with Gasteiger partial charge in [0.15, 0.2) is 16.0 Å². The molecule has 0 unspecified atom stereocenters. The summed E-state index contributed by atoms with van der Waals surface area (Å²) < 4.78 is 11.3. The lowest BCUT2D eigenvalue weighted by Crippen LogP contribution is -1.95. The summed E-state index contributed by atoms with van der Waals surface area (Å²) in [4.78, 5) is 4.93. The summed E-state index contributed by atoms with van der Waals surface area (Å²) in [6, 6.07) is 7.52. The van der Waals surface area contributed by atoms with Crippen molar-refractivity contribution in [1.29, 1.82) is 0 Å². The van der Waals surface area contributed by atoms with Gasteiger partial charge in [0.1, 0.15) is 6.61 Å². The van der Waals surface area contributed by atoms with E-state index in [0.29, 0.717) is 11.1 Å². The minimum atomic E-state index is 0.449. The predicted octanol–water partition coefficient (Wildman–Crippen LogP) is 3.38. The number of methoxy groups -OCH3 is 1. The molecule has 0 amide bonds. The molecule has 16 heavy (non-hydrogen) atoms. The van der Waals surface area contributed by atoms with Crippen LogP contribution in [0, 0.1) is 0 Å². The Hall–Kier alpha value is -1.26. The lowest BCUT2D eigenvalue weighted by atomic mass is 10.3. The summed E-state index contributed by atoms with van der Waals surface area (Å²) in [5, 5.41) is 0. The van der Waals surface area contributed by atoms with Gasteiger partial charge >= 0.3 is 0 Å². The van der Waals surface area contributed by atoms with Gasteiger partial charge in [-0.15, -0.1) is 11.3 Å². The van der Waals surface area contributed by atoms with Crippen LogP contribution in [0.15, 0.2) is 30.5 Å². The fraction of sp³-hybridized carbons (Fsp3) is 0.182. The van der Waals surface area contributed by atoms with Crippen LogP contribution in [0.3, 0.4) is 0 Å². The van der Waals surface area contributed by atoms with E-state index in [9.17, 15) is 0 Å². The summed E-state index contributed by atoms with van der Waals surface area (Å²) >= 11 is 7.14. The van der Waals surface area contributed by atoms with E-state index < -0.39 is 0 Å². The van der Waals surface area contributed by atoms with Crippen LogP contribution in [0.4, 0.5) is 0 Å². The molecule has 0 bridgehead atoms. The van der Waals surface area contributed by atoms with E-state index in [-0.39, 0.29) is 0 Å². The van der Waals surface area contributed by atoms with Crippen LogP contribution >= 0.6 is 22.9 Å². The number of hydrogen-bond donors (Lipinski definition) is 0. The zero-order valence-corrected chi connectivity index (χ0v) is 10.2. The number of nitrogens with zero attached hydrogens (tertiary/aromatic N) is 1. The minimum Gasteiger partial charge on any atom is -0.493 e. The number of para-hydroxylation sites is 2. The topological polar surface area (TPSA) is 31.4 Å². The molecule has 1 aromatic heterocycles. The van der Waals surface area contributed by atoms with E-state index in [2.05, 4.69) is 4.98 Å². The van der Waals surface area contributed by atoms with Crippen molar-refractivity contribution in [2.75, 3.05) is 7.11 Å². The van der Waals surface area contributed by atoms with Gasteiger partial charge in [0.05, 0.1) is 12.0 Å². The molecule has 1 aromatic carbocycles. The highest BCUT2D eigenvalue weighted by molar-refractivity contribution is 7.15. The Morgan fingerprint density at radius 3 is 2.69 bits per heavy atom. The van der Waals surface area contributed by atoms with E-state index in [1.165, 1.54) is 11.3 Å². The molecule has 0 saturated heterocycles. The van der Waals surface area contributed by atoms with Crippen LogP contribution in [0.2, 0.25) is 4.47 Å². The second-order valence-electron chi connectivity index (χ2n) is 3.02. The third-order valence-electron chi connectivity index (χ3n) is 1.96. The molecule has 3 nitrogen and oxygen atoms in total. The third-order valence-corrected chi connectivity index (χ3v) is 3.05. The minimum absolute atomic E-state index is 0.449. The number of ether oxygens (including phenoxy) is 2. The third kappa shape index (κ3) is 2.65. The molecular weight excluding hydrogens is 246 g/mol. The van der Waals surface area contributed by atoms with Gasteiger partial charge in [0.2, 0.25) is 0 Å². The summed E-state index contributed by atoms with van der Waals surface area (Å²) in [6.07, 6.45) is 1.71. The number of halogens is 1. The molecule has 84 valence electrons. The number of hydrogen-bond acceptors (Lipinski definition) is 4. The maximum absolute atomic E-state index is 5.73. The first-order chi connectivity index (χ1) is 7.79. The Bertz CT molecular complexity index is 473. The van der Waals surface area contributed by atoms with Crippen LogP contribution in [-0.2, 0) is 6.61 Å². The quantitative estimate of drug-likeness (QED) is 0.839. The fourth-order valence-electron chi connectivity index (χ4n) is 1.24. The van der Waals surface area contributed by atoms with Crippen LogP contribution < -0.4 is 9.47 Å². The zero-order valence-electron chi connectivity index (χ0n) is 8.64. The van der Waals surface area contributed by atoms with Crippen LogP contribution in [-0.4, -0.2) is 12.1 Å². The summed E-state index contributed by atoms with van der Waals surface area (Å²) in [5.41, 5.74) is 0. The molecule has 0 aliphatic heterocycles. The van der Waals surface area contributed by atoms with Crippen molar-refractivity contribution >= 4 is 22.9 Å². The number of rotatable bonds is 4. The highest BCUT2D eigenvalue weighted by Gasteiger charge is 2.04. The Balaban J connectivity index is 2.04. The van der Waals surface area contributed by atoms with Crippen molar-refractivity contribution in [3.63, 3.8) is 0 Å². The summed E-state index contributed by atoms with van der Waals surface area (Å²) in [5.74, 6) is 1.44. The molecule has 1 heterocycles. The molecule has 0 aliphatic rings. The molecule has 0 N–H and O–H groups in total. The molecule has 2 aromatic rings. The zero-order chi connectivity index (χ0) is 11.4. The van der Waals surface area contributed by atoms with Crippen molar-refractivity contribution in [2.24, 2.45) is 0 Å². The first-order valence-corrected chi connectivity index (χ1v) is 5.85. The molecule has 5 heteroatoms. The van der Waals surface area contributed by atoms with E-state index in [4.69, 9.17) is 21.1 Å². The van der Waals surface area contributed by atoms with Gasteiger partial charge in [-0.3, -0.25) is 0 Å². The van der Waals surface area contributed by atoms with E-state index in [1.807, 2.05) is 24.3 Å². The maximum atomic E-state index is 5.73. The SMILES string of the molecule is COc1ccccc1OCc1cnc(Cl)s1. The van der Waals surface area contributed by atoms with Gasteiger partial charge in [-0.25, -0.2) is 4.98 Å². The second-order valence-corrected chi connectivity index (χ2v) is 4.72. The van der Waals surface area contributed by atoms with Crippen molar-refractivity contribution < 1.29 is 9.47 Å². The Kier molecular flexibility index (Phi) is 3.64. The van der Waals surface area contributed by atoms with Crippen molar-refractivity contribution in [3.8, 4) is 11.5 Å². The first kappa shape index (κ1) is 11.2. The molecule has 0 spiro atoms. The monoisotopic (exact) mass is 255 g/mol. The largest absolute Gasteiger partial charge is 0.493 e. The molecule has 0 radical (unpaired) electrons. The van der Waals surface area contributed by atoms with Gasteiger partial charge in [-0.1, -0.05) is 23.7 Å². The lowest BCUT2D eigenvalue weighted by Gasteiger charge is -2.08. The Morgan fingerprint density at radius 1 is 1.31 bits per heavy atom. The average molecular weight is 256 g/mol. The smallest absolute Gasteiger partial charge is 0.183 e. The molecular formula is C11H10ClNO2S. The normalized spacial score (nSPS) is 10.1. The van der Waals surface area contributed by atoms with Gasteiger partial charge in [-0.2, -0.15) is 0 Å².